The fraction of sp³-hybridized carbons (Fsp3) is 0.222. The third-order valence-corrected chi connectivity index (χ3v) is 5.45. The van der Waals surface area contributed by atoms with Crippen LogP contribution in [0.5, 0.6) is 0 Å². The first-order chi connectivity index (χ1) is 17.5. The second kappa shape index (κ2) is 12.1. The predicted molar refractivity (Wildman–Crippen MR) is 137 cm³/mol. The second-order valence-electron chi connectivity index (χ2n) is 8.38. The number of carbonyl (C=O) groups is 3. The van der Waals surface area contributed by atoms with Crippen LogP contribution in [0.1, 0.15) is 46.5 Å². The minimum Gasteiger partial charge on any atom is -0.376 e. The summed E-state index contributed by atoms with van der Waals surface area (Å²) < 4.78 is 38.7. The number of benzene rings is 3. The second-order valence-corrected chi connectivity index (χ2v) is 8.38. The van der Waals surface area contributed by atoms with Gasteiger partial charge in [0.25, 0.3) is 11.8 Å². The van der Waals surface area contributed by atoms with E-state index < -0.39 is 17.6 Å². The Morgan fingerprint density at radius 3 is 2.14 bits per heavy atom. The molecule has 0 aliphatic heterocycles. The lowest BCUT2D eigenvalue weighted by Crippen LogP contribution is -2.31. The van der Waals surface area contributed by atoms with E-state index in [0.717, 1.165) is 18.6 Å². The van der Waals surface area contributed by atoms with Gasteiger partial charge in [0.05, 0.1) is 12.1 Å². The normalized spacial score (nSPS) is 11.8. The molecule has 0 aliphatic carbocycles. The maximum atomic E-state index is 12.9. The maximum Gasteiger partial charge on any atom is 0.416 e. The minimum atomic E-state index is -4.52. The molecular weight excluding hydrogens is 485 g/mol. The molecule has 1 atom stereocenters. The Bertz CT molecular complexity index is 1260. The van der Waals surface area contributed by atoms with Crippen LogP contribution in [0.3, 0.4) is 0 Å². The van der Waals surface area contributed by atoms with Gasteiger partial charge in [0.2, 0.25) is 5.91 Å². The van der Waals surface area contributed by atoms with E-state index in [0.29, 0.717) is 16.9 Å². The summed E-state index contributed by atoms with van der Waals surface area (Å²) >= 11 is 0. The summed E-state index contributed by atoms with van der Waals surface area (Å²) in [6.45, 7) is 3.79. The first-order valence-electron chi connectivity index (χ1n) is 11.6. The molecule has 0 saturated carbocycles. The molecule has 0 aliphatic rings. The van der Waals surface area contributed by atoms with Crippen LogP contribution in [-0.2, 0) is 11.0 Å². The van der Waals surface area contributed by atoms with Gasteiger partial charge in [-0.3, -0.25) is 14.4 Å². The zero-order valence-electron chi connectivity index (χ0n) is 20.3. The van der Waals surface area contributed by atoms with Crippen LogP contribution in [0.25, 0.3) is 0 Å². The van der Waals surface area contributed by atoms with Crippen molar-refractivity contribution in [2.24, 2.45) is 0 Å². The van der Waals surface area contributed by atoms with Crippen molar-refractivity contribution in [1.82, 2.24) is 5.32 Å². The van der Waals surface area contributed by atoms with Crippen molar-refractivity contribution in [3.8, 4) is 0 Å². The highest BCUT2D eigenvalue weighted by molar-refractivity contribution is 6.05. The average Bonchev–Trinajstić information content (AvgIpc) is 2.87. The van der Waals surface area contributed by atoms with E-state index in [1.165, 1.54) is 24.3 Å². The summed E-state index contributed by atoms with van der Waals surface area (Å²) in [5.74, 6) is -1.13. The van der Waals surface area contributed by atoms with Gasteiger partial charge in [0, 0.05) is 34.2 Å². The number of anilines is 3. The minimum absolute atomic E-state index is 0.0148. The Morgan fingerprint density at radius 2 is 1.46 bits per heavy atom. The Balaban J connectivity index is 1.54. The van der Waals surface area contributed by atoms with Crippen molar-refractivity contribution in [2.75, 3.05) is 22.5 Å². The number of halogens is 3. The lowest BCUT2D eigenvalue weighted by atomic mass is 10.1. The first-order valence-corrected chi connectivity index (χ1v) is 11.6. The van der Waals surface area contributed by atoms with Gasteiger partial charge in [0.15, 0.2) is 0 Å². The van der Waals surface area contributed by atoms with Crippen LogP contribution < -0.4 is 21.3 Å². The topological polar surface area (TPSA) is 99.3 Å². The van der Waals surface area contributed by atoms with Gasteiger partial charge < -0.3 is 21.3 Å². The number of hydrogen-bond acceptors (Lipinski definition) is 4. The molecule has 3 aromatic rings. The molecule has 0 heterocycles. The van der Waals surface area contributed by atoms with Crippen molar-refractivity contribution in [1.29, 1.82) is 0 Å². The summed E-state index contributed by atoms with van der Waals surface area (Å²) in [4.78, 5) is 37.0. The summed E-state index contributed by atoms with van der Waals surface area (Å²) in [7, 11) is 0. The molecule has 1 unspecified atom stereocenters. The summed E-state index contributed by atoms with van der Waals surface area (Å²) in [5.41, 5.74) is 0.826. The Morgan fingerprint density at radius 1 is 0.784 bits per heavy atom. The Labute approximate surface area is 212 Å². The van der Waals surface area contributed by atoms with Crippen molar-refractivity contribution >= 4 is 34.8 Å². The van der Waals surface area contributed by atoms with Gasteiger partial charge in [-0.15, -0.1) is 0 Å². The molecule has 194 valence electrons. The molecule has 0 spiro atoms. The van der Waals surface area contributed by atoms with Crippen molar-refractivity contribution < 1.29 is 27.6 Å². The maximum absolute atomic E-state index is 12.9. The summed E-state index contributed by atoms with van der Waals surface area (Å²) in [5, 5.41) is 10.9. The largest absolute Gasteiger partial charge is 0.416 e. The summed E-state index contributed by atoms with van der Waals surface area (Å²) in [6.07, 6.45) is -3.70. The van der Waals surface area contributed by atoms with Gasteiger partial charge in [-0.1, -0.05) is 19.1 Å². The fourth-order valence-electron chi connectivity index (χ4n) is 3.25. The Hall–Kier alpha value is -4.34. The standard InChI is InChI=1S/C27H27F3N4O3/c1-3-17(2)32-25(36)18-10-12-21(13-11-18)33-24(35)16-31-22-8-4-6-19(14-22)26(37)34-23-9-5-7-20(15-23)27(28,29)30/h4-15,17,31H,3,16H2,1-2H3,(H,32,36)(H,33,35)(H,34,37). The van der Waals surface area contributed by atoms with Crippen molar-refractivity contribution in [2.45, 2.75) is 32.5 Å². The van der Waals surface area contributed by atoms with Gasteiger partial charge in [0.1, 0.15) is 0 Å². The molecule has 0 bridgehead atoms. The highest BCUT2D eigenvalue weighted by Crippen LogP contribution is 2.30. The number of hydrogen-bond donors (Lipinski definition) is 4. The van der Waals surface area contributed by atoms with Gasteiger partial charge in [-0.05, 0) is 74.0 Å². The molecule has 3 aromatic carbocycles. The number of amides is 3. The highest BCUT2D eigenvalue weighted by atomic mass is 19.4. The quantitative estimate of drug-likeness (QED) is 0.303. The molecule has 0 radical (unpaired) electrons. The zero-order chi connectivity index (χ0) is 27.0. The lowest BCUT2D eigenvalue weighted by Gasteiger charge is -2.12. The van der Waals surface area contributed by atoms with Crippen LogP contribution in [0.15, 0.2) is 72.8 Å². The van der Waals surface area contributed by atoms with E-state index in [1.807, 2.05) is 13.8 Å². The molecule has 10 heteroatoms. The fourth-order valence-corrected chi connectivity index (χ4v) is 3.25. The lowest BCUT2D eigenvalue weighted by molar-refractivity contribution is -0.137. The molecule has 0 fully saturated rings. The SMILES string of the molecule is CCC(C)NC(=O)c1ccc(NC(=O)CNc2cccc(C(=O)Nc3cccc(C(F)(F)F)c3)c2)cc1. The molecule has 3 rings (SSSR count). The van der Waals surface area contributed by atoms with E-state index in [9.17, 15) is 27.6 Å². The van der Waals surface area contributed by atoms with E-state index in [2.05, 4.69) is 21.3 Å². The predicted octanol–water partition coefficient (Wildman–Crippen LogP) is 5.54. The van der Waals surface area contributed by atoms with E-state index in [4.69, 9.17) is 0 Å². The molecule has 0 saturated heterocycles. The number of alkyl halides is 3. The smallest absolute Gasteiger partial charge is 0.376 e. The third-order valence-electron chi connectivity index (χ3n) is 5.45. The zero-order valence-corrected chi connectivity index (χ0v) is 20.3. The van der Waals surface area contributed by atoms with Gasteiger partial charge in [-0.25, -0.2) is 0 Å². The summed E-state index contributed by atoms with van der Waals surface area (Å²) in [6, 6.07) is 17.1. The van der Waals surface area contributed by atoms with Crippen molar-refractivity contribution in [3.05, 3.63) is 89.5 Å². The molecule has 0 aromatic heterocycles. The van der Waals surface area contributed by atoms with Crippen LogP contribution in [0.4, 0.5) is 30.2 Å². The monoisotopic (exact) mass is 512 g/mol. The van der Waals surface area contributed by atoms with E-state index >= 15 is 0 Å². The van der Waals surface area contributed by atoms with Crippen LogP contribution in [-0.4, -0.2) is 30.3 Å². The van der Waals surface area contributed by atoms with E-state index in [-0.39, 0.29) is 35.7 Å². The number of nitrogens with one attached hydrogen (secondary N) is 4. The van der Waals surface area contributed by atoms with E-state index in [1.54, 1.807) is 36.4 Å². The molecule has 3 amide bonds. The molecular formula is C27H27F3N4O3. The van der Waals surface area contributed by atoms with Gasteiger partial charge in [-0.2, -0.15) is 13.2 Å². The highest BCUT2D eigenvalue weighted by Gasteiger charge is 2.30. The number of rotatable bonds is 9. The van der Waals surface area contributed by atoms with Crippen LogP contribution >= 0.6 is 0 Å². The van der Waals surface area contributed by atoms with Crippen molar-refractivity contribution in [3.63, 3.8) is 0 Å². The molecule has 7 nitrogen and oxygen atoms in total. The first kappa shape index (κ1) is 27.3. The number of carbonyl (C=O) groups excluding carboxylic acids is 3. The van der Waals surface area contributed by atoms with Crippen LogP contribution in [0, 0.1) is 0 Å². The molecule has 37 heavy (non-hydrogen) atoms. The van der Waals surface area contributed by atoms with Gasteiger partial charge >= 0.3 is 6.18 Å². The van der Waals surface area contributed by atoms with Crippen LogP contribution in [0.2, 0.25) is 0 Å². The third kappa shape index (κ3) is 8.09. The average molecular weight is 513 g/mol. The Kier molecular flexibility index (Phi) is 8.89. The molecule has 4 N–H and O–H groups in total.